The molecule has 16 heteroatoms. The van der Waals surface area contributed by atoms with Gasteiger partial charge in [0.25, 0.3) is 0 Å². The number of para-hydroxylation sites is 1. The van der Waals surface area contributed by atoms with Crippen LogP contribution < -0.4 is 10.2 Å². The van der Waals surface area contributed by atoms with Crippen molar-refractivity contribution in [3.05, 3.63) is 107 Å². The molecular weight excluding hydrogens is 817 g/mol. The van der Waals surface area contributed by atoms with Gasteiger partial charge in [0.05, 0.1) is 33.8 Å². The van der Waals surface area contributed by atoms with E-state index in [1.165, 1.54) is 10.6 Å². The Kier molecular flexibility index (Phi) is 11.5. The molecule has 63 heavy (non-hydrogen) atoms. The minimum atomic E-state index is -0.922. The first-order chi connectivity index (χ1) is 30.6. The number of fused-ring (bicyclic) bond motifs is 1. The summed E-state index contributed by atoms with van der Waals surface area (Å²) in [5.41, 5.74) is 10.2. The molecule has 2 fully saturated rings. The molecule has 2 N–H and O–H groups in total. The van der Waals surface area contributed by atoms with Gasteiger partial charge in [-0.15, -0.1) is 21.5 Å². The van der Waals surface area contributed by atoms with Gasteiger partial charge in [-0.25, -0.2) is 15.0 Å². The van der Waals surface area contributed by atoms with Crippen molar-refractivity contribution in [1.82, 2.24) is 45.1 Å². The average molecular weight is 865 g/mol. The van der Waals surface area contributed by atoms with Gasteiger partial charge in [0.2, 0.25) is 17.8 Å². The van der Waals surface area contributed by atoms with Crippen molar-refractivity contribution in [3.8, 4) is 38.7 Å². The van der Waals surface area contributed by atoms with Crippen molar-refractivity contribution < 1.29 is 24.0 Å². The molecule has 2 aromatic carbocycles. The standard InChI is InChI=1S/C47H48N10O5S/c1-5-56-38(20-37-39(56)19-36(52-53-37)34-8-6-7-9-41(34)59)30-14-16-55(17-15-30)47-49-23-32(24-50-47)35-21-42(62-54-35)43(27(2)3)46(61)57-25-33(58)18-40(57)45(60)48-22-29-10-12-31(13-11-29)44-28(4)51-26-63-44/h6-13,19-21,23-24,26-27,30,40,43,59H,5,14-18,22,25H2,1-4H3,(H,48,60)/t40-,43?/m0/s1. The molecule has 2 amide bonds. The molecule has 0 aliphatic carbocycles. The predicted octanol–water partition coefficient (Wildman–Crippen LogP) is 7.31. The van der Waals surface area contributed by atoms with Crippen LogP contribution in [-0.4, -0.2) is 88.2 Å². The summed E-state index contributed by atoms with van der Waals surface area (Å²) in [5, 5.41) is 26.6. The normalized spacial score (nSPS) is 16.3. The SMILES string of the molecule is CCn1c(C2CCN(c3ncc(-c4cc(C(C(=O)N5CC(=O)C[C@H]5C(=O)NCc5ccc(-c6scnc6C)cc5)C(C)C)on4)cn3)CC2)cc2nnc(-c3ccccc3O)cc21. The van der Waals surface area contributed by atoms with Gasteiger partial charge in [-0.1, -0.05) is 55.4 Å². The summed E-state index contributed by atoms with van der Waals surface area (Å²) in [6, 6.07) is 20.0. The smallest absolute Gasteiger partial charge is 0.243 e. The molecular formula is C47H48N10O5S. The number of phenols is 1. The Morgan fingerprint density at radius 1 is 0.952 bits per heavy atom. The van der Waals surface area contributed by atoms with Crippen LogP contribution in [0.1, 0.15) is 74.6 Å². The van der Waals surface area contributed by atoms with E-state index in [4.69, 9.17) is 14.5 Å². The highest BCUT2D eigenvalue weighted by molar-refractivity contribution is 7.13. The van der Waals surface area contributed by atoms with Crippen molar-refractivity contribution in [2.45, 2.75) is 77.9 Å². The summed E-state index contributed by atoms with van der Waals surface area (Å²) in [6.07, 6.45) is 5.20. The van der Waals surface area contributed by atoms with Crippen molar-refractivity contribution in [1.29, 1.82) is 0 Å². The summed E-state index contributed by atoms with van der Waals surface area (Å²) in [7, 11) is 0. The number of hydrogen-bond acceptors (Lipinski definition) is 13. The molecule has 2 aliphatic rings. The second kappa shape index (κ2) is 17.5. The van der Waals surface area contributed by atoms with Crippen LogP contribution in [-0.2, 0) is 27.5 Å². The van der Waals surface area contributed by atoms with Gasteiger partial charge in [-0.3, -0.25) is 14.4 Å². The Balaban J connectivity index is 0.831. The number of nitrogens with one attached hydrogen (secondary N) is 1. The second-order valence-electron chi connectivity index (χ2n) is 16.6. The van der Waals surface area contributed by atoms with E-state index in [2.05, 4.69) is 48.1 Å². The number of hydrogen-bond donors (Lipinski definition) is 2. The van der Waals surface area contributed by atoms with Gasteiger partial charge < -0.3 is 29.3 Å². The first-order valence-corrected chi connectivity index (χ1v) is 22.2. The number of aromatic hydroxyl groups is 1. The molecule has 7 heterocycles. The molecule has 15 nitrogen and oxygen atoms in total. The predicted molar refractivity (Wildman–Crippen MR) is 239 cm³/mol. The summed E-state index contributed by atoms with van der Waals surface area (Å²) in [4.78, 5) is 58.8. The Bertz CT molecular complexity index is 2790. The van der Waals surface area contributed by atoms with E-state index < -0.39 is 12.0 Å². The summed E-state index contributed by atoms with van der Waals surface area (Å²) in [5.74, 6) is -0.434. The Labute approximate surface area is 368 Å². The molecule has 0 saturated carbocycles. The lowest BCUT2D eigenvalue weighted by Crippen LogP contribution is -2.47. The lowest BCUT2D eigenvalue weighted by atomic mass is 9.91. The lowest BCUT2D eigenvalue weighted by molar-refractivity contribution is -0.141. The zero-order valence-corrected chi connectivity index (χ0v) is 36.4. The number of nitrogens with zero attached hydrogens (tertiary/aromatic N) is 9. The van der Waals surface area contributed by atoms with E-state index in [0.717, 1.165) is 65.2 Å². The monoisotopic (exact) mass is 864 g/mol. The summed E-state index contributed by atoms with van der Waals surface area (Å²) < 4.78 is 8.10. The van der Waals surface area contributed by atoms with E-state index in [1.807, 2.05) is 68.7 Å². The van der Waals surface area contributed by atoms with Crippen molar-refractivity contribution in [2.75, 3.05) is 24.5 Å². The number of amides is 2. The van der Waals surface area contributed by atoms with Gasteiger partial charge in [-0.05, 0) is 68.0 Å². The zero-order valence-electron chi connectivity index (χ0n) is 35.6. The highest BCUT2D eigenvalue weighted by Gasteiger charge is 2.43. The summed E-state index contributed by atoms with van der Waals surface area (Å²) in [6.45, 7) is 10.4. The Morgan fingerprint density at radius 2 is 1.71 bits per heavy atom. The minimum absolute atomic E-state index is 0.0454. The first-order valence-electron chi connectivity index (χ1n) is 21.3. The van der Waals surface area contributed by atoms with Crippen LogP contribution in [0.3, 0.4) is 0 Å². The number of thiazole rings is 1. The van der Waals surface area contributed by atoms with Crippen molar-refractivity contribution >= 4 is 45.9 Å². The van der Waals surface area contributed by atoms with Crippen molar-refractivity contribution in [3.63, 3.8) is 0 Å². The molecule has 2 saturated heterocycles. The van der Waals surface area contributed by atoms with Crippen LogP contribution in [0.4, 0.5) is 5.95 Å². The fraction of sp³-hybridized carbons (Fsp3) is 0.340. The van der Waals surface area contributed by atoms with E-state index >= 15 is 0 Å². The molecule has 2 atom stereocenters. The minimum Gasteiger partial charge on any atom is -0.507 e. The quantitative estimate of drug-likeness (QED) is 0.125. The van der Waals surface area contributed by atoms with Crippen molar-refractivity contribution in [2.24, 2.45) is 5.92 Å². The van der Waals surface area contributed by atoms with Crippen LogP contribution in [0.15, 0.2) is 89.2 Å². The summed E-state index contributed by atoms with van der Waals surface area (Å²) >= 11 is 1.58. The fourth-order valence-electron chi connectivity index (χ4n) is 8.87. The molecule has 2 aliphatic heterocycles. The number of aryl methyl sites for hydroxylation is 2. The third kappa shape index (κ3) is 8.30. The molecule has 1 unspecified atom stereocenters. The van der Waals surface area contributed by atoms with Crippen LogP contribution in [0.2, 0.25) is 0 Å². The highest BCUT2D eigenvalue weighted by atomic mass is 32.1. The number of benzene rings is 2. The number of phenolic OH excluding ortho intramolecular Hbond substituents is 1. The van der Waals surface area contributed by atoms with E-state index in [9.17, 15) is 19.5 Å². The van der Waals surface area contributed by atoms with Crippen LogP contribution >= 0.6 is 11.3 Å². The molecule has 9 rings (SSSR count). The van der Waals surface area contributed by atoms with Crippen LogP contribution in [0.5, 0.6) is 5.75 Å². The number of Topliss-reactive ketones (excluding diaryl/α,β-unsaturated/α-hetero) is 1. The number of anilines is 1. The van der Waals surface area contributed by atoms with E-state index in [1.54, 1.807) is 41.9 Å². The topological polar surface area (TPSA) is 185 Å². The fourth-order valence-corrected chi connectivity index (χ4v) is 9.69. The maximum absolute atomic E-state index is 14.2. The maximum atomic E-state index is 14.2. The first kappa shape index (κ1) is 41.5. The maximum Gasteiger partial charge on any atom is 0.243 e. The number of piperidine rings is 1. The van der Waals surface area contributed by atoms with Gasteiger partial charge >= 0.3 is 0 Å². The number of ketones is 1. The number of likely N-dealkylation sites (tertiary alicyclic amines) is 1. The molecule has 5 aromatic heterocycles. The lowest BCUT2D eigenvalue weighted by Gasteiger charge is -2.32. The number of carbonyl (C=O) groups excluding carboxylic acids is 3. The van der Waals surface area contributed by atoms with Crippen LogP contribution in [0.25, 0.3) is 44.0 Å². The molecule has 7 aromatic rings. The molecule has 0 spiro atoms. The number of rotatable bonds is 12. The van der Waals surface area contributed by atoms with Crippen LogP contribution in [0, 0.1) is 12.8 Å². The van der Waals surface area contributed by atoms with Gasteiger partial charge in [-0.2, -0.15) is 0 Å². The van der Waals surface area contributed by atoms with Gasteiger partial charge in [0.1, 0.15) is 34.7 Å². The highest BCUT2D eigenvalue weighted by Crippen LogP contribution is 2.36. The average Bonchev–Trinajstić information content (AvgIpc) is 4.12. The molecule has 0 radical (unpaired) electrons. The third-order valence-corrected chi connectivity index (χ3v) is 13.2. The van der Waals surface area contributed by atoms with Gasteiger partial charge in [0.15, 0.2) is 5.78 Å². The molecule has 0 bridgehead atoms. The largest absolute Gasteiger partial charge is 0.507 e. The Morgan fingerprint density at radius 3 is 2.41 bits per heavy atom. The number of aromatic nitrogens is 7. The van der Waals surface area contributed by atoms with Gasteiger partial charge in [0, 0.05) is 73.8 Å². The number of carbonyl (C=O) groups is 3. The van der Waals surface area contributed by atoms with E-state index in [0.29, 0.717) is 40.1 Å². The Hall–Kier alpha value is -6.81. The van der Waals surface area contributed by atoms with E-state index in [-0.39, 0.29) is 48.8 Å². The third-order valence-electron chi connectivity index (χ3n) is 12.2. The molecule has 322 valence electrons. The zero-order chi connectivity index (χ0) is 43.8. The second-order valence-corrected chi connectivity index (χ2v) is 17.5.